The predicted octanol–water partition coefficient (Wildman–Crippen LogP) is 4.56. The van der Waals surface area contributed by atoms with Crippen LogP contribution in [0.15, 0.2) is 0 Å². The fraction of sp³-hybridized carbons (Fsp3) is 0.913. The molecule has 3 fully saturated rings. The highest BCUT2D eigenvalue weighted by Crippen LogP contribution is 2.48. The van der Waals surface area contributed by atoms with Crippen LogP contribution in [0.1, 0.15) is 90.9 Å². The Balaban J connectivity index is 1.49. The monoisotopic (exact) mass is 394 g/mol. The number of aliphatic hydroxyl groups excluding tert-OH is 1. The quantitative estimate of drug-likeness (QED) is 0.668. The summed E-state index contributed by atoms with van der Waals surface area (Å²) in [6.07, 6.45) is 10.9. The summed E-state index contributed by atoms with van der Waals surface area (Å²) in [6, 6.07) is 0. The fourth-order valence-electron chi connectivity index (χ4n) is 6.04. The van der Waals surface area contributed by atoms with E-state index in [0.717, 1.165) is 64.2 Å². The standard InChI is InChI=1S/C23H38O5/c1-23(2,15-7-11-17(24)12-8-15)16-9-13-18(14-10-16)28-22(27)20-6-4-3-5-19(20)21(25)26/h15-20,24H,3-14H2,1-2H3,(H,25,26)/t15?,16?,17?,18?,19-,20-/m1/s1. The Bertz CT molecular complexity index is 541. The van der Waals surface area contributed by atoms with E-state index in [4.69, 9.17) is 4.74 Å². The third-order valence-corrected chi connectivity index (χ3v) is 8.14. The van der Waals surface area contributed by atoms with E-state index in [-0.39, 0.29) is 23.6 Å². The van der Waals surface area contributed by atoms with Gasteiger partial charge in [0.2, 0.25) is 0 Å². The summed E-state index contributed by atoms with van der Waals surface area (Å²) in [5.74, 6) is -0.879. The molecule has 2 atom stereocenters. The number of hydrogen-bond donors (Lipinski definition) is 2. The Morgan fingerprint density at radius 2 is 1.29 bits per heavy atom. The molecule has 0 aromatic rings. The maximum absolute atomic E-state index is 12.6. The highest BCUT2D eigenvalue weighted by molar-refractivity contribution is 5.81. The predicted molar refractivity (Wildman–Crippen MR) is 107 cm³/mol. The van der Waals surface area contributed by atoms with Crippen molar-refractivity contribution in [1.29, 1.82) is 0 Å². The minimum absolute atomic E-state index is 0.0518. The van der Waals surface area contributed by atoms with Gasteiger partial charge in [-0.15, -0.1) is 0 Å². The summed E-state index contributed by atoms with van der Waals surface area (Å²) in [5.41, 5.74) is 0.257. The number of carbonyl (C=O) groups is 2. The summed E-state index contributed by atoms with van der Waals surface area (Å²) < 4.78 is 5.80. The molecule has 0 heterocycles. The van der Waals surface area contributed by atoms with Crippen LogP contribution in [0.5, 0.6) is 0 Å². The zero-order chi connectivity index (χ0) is 20.3. The summed E-state index contributed by atoms with van der Waals surface area (Å²) >= 11 is 0. The van der Waals surface area contributed by atoms with Gasteiger partial charge in [-0.3, -0.25) is 9.59 Å². The van der Waals surface area contributed by atoms with Crippen LogP contribution in [0.2, 0.25) is 0 Å². The van der Waals surface area contributed by atoms with E-state index < -0.39 is 17.8 Å². The molecule has 0 aromatic heterocycles. The lowest BCUT2D eigenvalue weighted by molar-refractivity contribution is -0.165. The lowest BCUT2D eigenvalue weighted by atomic mass is 9.60. The summed E-state index contributed by atoms with van der Waals surface area (Å²) in [6.45, 7) is 4.76. The Morgan fingerprint density at radius 1 is 0.786 bits per heavy atom. The van der Waals surface area contributed by atoms with E-state index in [9.17, 15) is 19.8 Å². The third kappa shape index (κ3) is 4.90. The number of carbonyl (C=O) groups excluding carboxylic acids is 1. The molecule has 5 nitrogen and oxygen atoms in total. The molecule has 0 aromatic carbocycles. The number of carboxylic acid groups (broad SMARTS) is 1. The summed E-state index contributed by atoms with van der Waals surface area (Å²) in [7, 11) is 0. The van der Waals surface area contributed by atoms with Gasteiger partial charge in [0.25, 0.3) is 0 Å². The maximum Gasteiger partial charge on any atom is 0.310 e. The van der Waals surface area contributed by atoms with Crippen molar-refractivity contribution in [3.63, 3.8) is 0 Å². The number of carboxylic acids is 1. The first kappa shape index (κ1) is 21.6. The Kier molecular flexibility index (Phi) is 7.06. The molecular formula is C23H38O5. The first-order valence-electron chi connectivity index (χ1n) is 11.4. The smallest absolute Gasteiger partial charge is 0.310 e. The average molecular weight is 395 g/mol. The number of hydrogen-bond acceptors (Lipinski definition) is 4. The van der Waals surface area contributed by atoms with E-state index in [2.05, 4.69) is 13.8 Å². The normalized spacial score (nSPS) is 37.2. The van der Waals surface area contributed by atoms with Gasteiger partial charge in [0.05, 0.1) is 17.9 Å². The number of ether oxygens (including phenoxy) is 1. The van der Waals surface area contributed by atoms with Crippen LogP contribution in [-0.2, 0) is 14.3 Å². The highest BCUT2D eigenvalue weighted by Gasteiger charge is 2.42. The van der Waals surface area contributed by atoms with Crippen LogP contribution < -0.4 is 0 Å². The third-order valence-electron chi connectivity index (χ3n) is 8.14. The molecule has 2 N–H and O–H groups in total. The zero-order valence-electron chi connectivity index (χ0n) is 17.6. The molecule has 0 spiro atoms. The van der Waals surface area contributed by atoms with Crippen molar-refractivity contribution >= 4 is 11.9 Å². The molecule has 28 heavy (non-hydrogen) atoms. The van der Waals surface area contributed by atoms with Crippen LogP contribution in [0.3, 0.4) is 0 Å². The van der Waals surface area contributed by atoms with Crippen molar-refractivity contribution in [2.45, 2.75) is 103 Å². The number of rotatable bonds is 5. The topological polar surface area (TPSA) is 83.8 Å². The molecule has 5 heteroatoms. The Morgan fingerprint density at radius 3 is 1.82 bits per heavy atom. The van der Waals surface area contributed by atoms with E-state index in [1.807, 2.05) is 0 Å². The second-order valence-electron chi connectivity index (χ2n) is 10.1. The van der Waals surface area contributed by atoms with Crippen molar-refractivity contribution in [2.24, 2.45) is 29.1 Å². The molecule has 3 aliphatic carbocycles. The van der Waals surface area contributed by atoms with Crippen molar-refractivity contribution in [1.82, 2.24) is 0 Å². The van der Waals surface area contributed by atoms with Crippen LogP contribution in [0.25, 0.3) is 0 Å². The van der Waals surface area contributed by atoms with Gasteiger partial charge in [0, 0.05) is 0 Å². The molecule has 3 saturated carbocycles. The number of aliphatic carboxylic acids is 1. The summed E-state index contributed by atoms with van der Waals surface area (Å²) in [5, 5.41) is 19.2. The fourth-order valence-corrected chi connectivity index (χ4v) is 6.04. The van der Waals surface area contributed by atoms with Gasteiger partial charge < -0.3 is 14.9 Å². The second-order valence-corrected chi connectivity index (χ2v) is 10.1. The molecular weight excluding hydrogens is 356 g/mol. The molecule has 0 bridgehead atoms. The van der Waals surface area contributed by atoms with Crippen LogP contribution in [0, 0.1) is 29.1 Å². The lowest BCUT2D eigenvalue weighted by Crippen LogP contribution is -2.40. The van der Waals surface area contributed by atoms with Gasteiger partial charge in [-0.25, -0.2) is 0 Å². The molecule has 0 radical (unpaired) electrons. The molecule has 160 valence electrons. The van der Waals surface area contributed by atoms with Crippen molar-refractivity contribution in [2.75, 3.05) is 0 Å². The van der Waals surface area contributed by atoms with E-state index in [0.29, 0.717) is 24.7 Å². The van der Waals surface area contributed by atoms with E-state index >= 15 is 0 Å². The largest absolute Gasteiger partial charge is 0.481 e. The Hall–Kier alpha value is -1.10. The minimum Gasteiger partial charge on any atom is -0.481 e. The first-order chi connectivity index (χ1) is 13.3. The van der Waals surface area contributed by atoms with Crippen LogP contribution in [0.4, 0.5) is 0 Å². The SMILES string of the molecule is CC(C)(C1CCC(O)CC1)C1CCC(OC(=O)[C@@H]2CCCC[C@H]2C(=O)O)CC1. The lowest BCUT2D eigenvalue weighted by Gasteiger charge is -2.46. The molecule has 0 saturated heterocycles. The Labute approximate surface area is 169 Å². The zero-order valence-corrected chi connectivity index (χ0v) is 17.6. The number of aliphatic hydroxyl groups is 1. The van der Waals surface area contributed by atoms with Crippen molar-refractivity contribution < 1.29 is 24.5 Å². The van der Waals surface area contributed by atoms with Crippen LogP contribution >= 0.6 is 0 Å². The maximum atomic E-state index is 12.6. The molecule has 3 aliphatic rings. The summed E-state index contributed by atoms with van der Waals surface area (Å²) in [4.78, 5) is 24.1. The first-order valence-corrected chi connectivity index (χ1v) is 11.4. The molecule has 0 amide bonds. The van der Waals surface area contributed by atoms with Gasteiger partial charge >= 0.3 is 11.9 Å². The highest BCUT2D eigenvalue weighted by atomic mass is 16.5. The van der Waals surface area contributed by atoms with Gasteiger partial charge in [-0.1, -0.05) is 26.7 Å². The van der Waals surface area contributed by atoms with E-state index in [1.165, 1.54) is 0 Å². The van der Waals surface area contributed by atoms with Gasteiger partial charge in [-0.05, 0) is 81.5 Å². The minimum atomic E-state index is -0.857. The van der Waals surface area contributed by atoms with Crippen LogP contribution in [-0.4, -0.2) is 34.4 Å². The van der Waals surface area contributed by atoms with Gasteiger partial charge in [0.1, 0.15) is 6.10 Å². The second kappa shape index (κ2) is 9.15. The number of esters is 1. The molecule has 0 unspecified atom stereocenters. The van der Waals surface area contributed by atoms with Crippen molar-refractivity contribution in [3.05, 3.63) is 0 Å². The van der Waals surface area contributed by atoms with E-state index in [1.54, 1.807) is 0 Å². The molecule has 3 rings (SSSR count). The van der Waals surface area contributed by atoms with Crippen molar-refractivity contribution in [3.8, 4) is 0 Å². The van der Waals surface area contributed by atoms with Gasteiger partial charge in [-0.2, -0.15) is 0 Å². The molecule has 0 aliphatic heterocycles. The van der Waals surface area contributed by atoms with Gasteiger partial charge in [0.15, 0.2) is 0 Å². The average Bonchev–Trinajstić information content (AvgIpc) is 2.68.